The number of para-hydroxylation sites is 3. The van der Waals surface area contributed by atoms with Crippen LogP contribution in [0.2, 0.25) is 0 Å². The van der Waals surface area contributed by atoms with Crippen LogP contribution in [0.25, 0.3) is 11.0 Å². The molecule has 0 aliphatic heterocycles. The van der Waals surface area contributed by atoms with E-state index >= 15 is 0 Å². The predicted octanol–water partition coefficient (Wildman–Crippen LogP) is 3.70. The van der Waals surface area contributed by atoms with Gasteiger partial charge < -0.3 is 4.98 Å². The molecular weight excluding hydrogens is 252 g/mol. The van der Waals surface area contributed by atoms with E-state index in [-0.39, 0.29) is 0 Å². The second kappa shape index (κ2) is 5.75. The number of hydrazone groups is 1. The Morgan fingerprint density at radius 3 is 2.65 bits per heavy atom. The Hall–Kier alpha value is -3.02. The largest absolute Gasteiger partial charge is 0.321 e. The van der Waals surface area contributed by atoms with E-state index in [1.54, 1.807) is 0 Å². The Morgan fingerprint density at radius 2 is 1.80 bits per heavy atom. The van der Waals surface area contributed by atoms with E-state index in [1.165, 1.54) is 6.34 Å². The van der Waals surface area contributed by atoms with Crippen LogP contribution in [0.1, 0.15) is 0 Å². The molecule has 0 unspecified atom stereocenters. The van der Waals surface area contributed by atoms with Crippen molar-refractivity contribution in [2.45, 2.75) is 0 Å². The van der Waals surface area contributed by atoms with E-state index < -0.39 is 0 Å². The van der Waals surface area contributed by atoms with Gasteiger partial charge in [-0.1, -0.05) is 30.3 Å². The molecule has 6 nitrogen and oxygen atoms in total. The van der Waals surface area contributed by atoms with Crippen LogP contribution in [0.3, 0.4) is 0 Å². The highest BCUT2D eigenvalue weighted by atomic mass is 15.3. The molecule has 1 heterocycles. The summed E-state index contributed by atoms with van der Waals surface area (Å²) in [4.78, 5) is 7.32. The lowest BCUT2D eigenvalue weighted by Crippen LogP contribution is -1.86. The number of aromatic amines is 1. The van der Waals surface area contributed by atoms with Crippen LogP contribution >= 0.6 is 0 Å². The molecule has 98 valence electrons. The van der Waals surface area contributed by atoms with Crippen molar-refractivity contribution in [1.29, 1.82) is 0 Å². The maximum atomic E-state index is 4.27. The zero-order chi connectivity index (χ0) is 13.6. The summed E-state index contributed by atoms with van der Waals surface area (Å²) in [6.07, 6.45) is 1.33. The molecule has 3 rings (SSSR count). The summed E-state index contributed by atoms with van der Waals surface area (Å²) in [5, 5.41) is 11.7. The van der Waals surface area contributed by atoms with Gasteiger partial charge in [-0.2, -0.15) is 5.10 Å². The monoisotopic (exact) mass is 264 g/mol. The van der Waals surface area contributed by atoms with Gasteiger partial charge in [0.25, 0.3) is 0 Å². The first kappa shape index (κ1) is 12.0. The number of benzene rings is 2. The number of fused-ring (bicyclic) bond motifs is 1. The molecule has 2 N–H and O–H groups in total. The van der Waals surface area contributed by atoms with Gasteiger partial charge >= 0.3 is 0 Å². The number of anilines is 1. The van der Waals surface area contributed by atoms with Gasteiger partial charge in [-0.3, -0.25) is 5.43 Å². The van der Waals surface area contributed by atoms with Gasteiger partial charge in [0.1, 0.15) is 0 Å². The van der Waals surface area contributed by atoms with Crippen molar-refractivity contribution in [2.24, 2.45) is 15.3 Å². The number of nitrogens with zero attached hydrogens (tertiary/aromatic N) is 4. The minimum absolute atomic E-state index is 0.456. The molecule has 0 radical (unpaired) electrons. The maximum Gasteiger partial charge on any atom is 0.247 e. The van der Waals surface area contributed by atoms with Gasteiger partial charge in [0.05, 0.1) is 16.7 Å². The van der Waals surface area contributed by atoms with Crippen molar-refractivity contribution in [1.82, 2.24) is 9.97 Å². The minimum Gasteiger partial charge on any atom is -0.321 e. The van der Waals surface area contributed by atoms with Gasteiger partial charge in [0, 0.05) is 0 Å². The number of hydrogen-bond donors (Lipinski definition) is 2. The first-order chi connectivity index (χ1) is 9.92. The zero-order valence-electron chi connectivity index (χ0n) is 10.6. The average Bonchev–Trinajstić information content (AvgIpc) is 2.90. The molecule has 0 aliphatic carbocycles. The summed E-state index contributed by atoms with van der Waals surface area (Å²) in [6, 6.07) is 17.3. The Bertz CT molecular complexity index is 711. The van der Waals surface area contributed by atoms with Crippen LogP contribution in [0.4, 0.5) is 11.6 Å². The fourth-order valence-electron chi connectivity index (χ4n) is 1.71. The third-order valence-corrected chi connectivity index (χ3v) is 2.61. The topological polar surface area (TPSA) is 77.8 Å². The molecule has 1 aromatic heterocycles. The number of rotatable bonds is 4. The van der Waals surface area contributed by atoms with Crippen LogP contribution in [0.15, 0.2) is 69.9 Å². The maximum absolute atomic E-state index is 4.27. The quantitative estimate of drug-likeness (QED) is 0.326. The van der Waals surface area contributed by atoms with Crippen LogP contribution in [0, 0.1) is 0 Å². The standard InChI is InChI=1S/C14H12N6/c1-2-6-11(7-3-1)19-15-10-16-20-14-17-12-8-4-5-9-13(12)18-14/h1-10,19H,(H,17,18). The number of azo groups is 1. The molecule has 0 bridgehead atoms. The number of aromatic nitrogens is 2. The summed E-state index contributed by atoms with van der Waals surface area (Å²) >= 11 is 0. The molecule has 0 saturated carbocycles. The van der Waals surface area contributed by atoms with Crippen molar-refractivity contribution >= 4 is 29.0 Å². The molecule has 20 heavy (non-hydrogen) atoms. The third-order valence-electron chi connectivity index (χ3n) is 2.61. The summed E-state index contributed by atoms with van der Waals surface area (Å²) in [7, 11) is 0. The Balaban J connectivity index is 1.62. The molecule has 0 aliphatic rings. The molecule has 0 spiro atoms. The first-order valence-corrected chi connectivity index (χ1v) is 6.10. The van der Waals surface area contributed by atoms with E-state index in [9.17, 15) is 0 Å². The summed E-state index contributed by atoms with van der Waals surface area (Å²) in [5.41, 5.74) is 5.53. The second-order valence-corrected chi connectivity index (χ2v) is 4.02. The molecule has 0 atom stereocenters. The van der Waals surface area contributed by atoms with Crippen molar-refractivity contribution in [3.05, 3.63) is 54.6 Å². The van der Waals surface area contributed by atoms with Crippen molar-refractivity contribution in [3.8, 4) is 0 Å². The number of nitrogens with one attached hydrogen (secondary N) is 2. The molecule has 0 fully saturated rings. The molecule has 0 saturated heterocycles. The lowest BCUT2D eigenvalue weighted by molar-refractivity contribution is 1.16. The zero-order valence-corrected chi connectivity index (χ0v) is 10.6. The highest BCUT2D eigenvalue weighted by Crippen LogP contribution is 2.15. The SMILES string of the molecule is C(=NNc1ccccc1)N=Nc1nc2ccccc2[nH]1. The third kappa shape index (κ3) is 2.86. The summed E-state index contributed by atoms with van der Waals surface area (Å²) in [5.74, 6) is 0.456. The highest BCUT2D eigenvalue weighted by Gasteiger charge is 1.98. The molecule has 2 aromatic carbocycles. The molecule has 0 amide bonds. The van der Waals surface area contributed by atoms with Gasteiger partial charge in [0.2, 0.25) is 5.95 Å². The molecular formula is C14H12N6. The van der Waals surface area contributed by atoms with E-state index in [0.29, 0.717) is 5.95 Å². The fraction of sp³-hybridized carbons (Fsp3) is 0. The lowest BCUT2D eigenvalue weighted by Gasteiger charge is -1.95. The van der Waals surface area contributed by atoms with Crippen LogP contribution in [-0.2, 0) is 0 Å². The van der Waals surface area contributed by atoms with Crippen LogP contribution in [0.5, 0.6) is 0 Å². The Labute approximate surface area is 115 Å². The van der Waals surface area contributed by atoms with Crippen molar-refractivity contribution in [3.63, 3.8) is 0 Å². The number of H-pyrrole nitrogens is 1. The van der Waals surface area contributed by atoms with Crippen molar-refractivity contribution in [2.75, 3.05) is 5.43 Å². The second-order valence-electron chi connectivity index (χ2n) is 4.02. The smallest absolute Gasteiger partial charge is 0.247 e. The lowest BCUT2D eigenvalue weighted by atomic mass is 10.3. The molecule has 3 aromatic rings. The van der Waals surface area contributed by atoms with Crippen LogP contribution in [-0.4, -0.2) is 16.3 Å². The fourth-order valence-corrected chi connectivity index (χ4v) is 1.71. The van der Waals surface area contributed by atoms with E-state index in [4.69, 9.17) is 0 Å². The molecule has 6 heteroatoms. The number of imidazole rings is 1. The van der Waals surface area contributed by atoms with Crippen LogP contribution < -0.4 is 5.43 Å². The van der Waals surface area contributed by atoms with E-state index in [1.807, 2.05) is 54.6 Å². The van der Waals surface area contributed by atoms with Gasteiger partial charge in [-0.15, -0.1) is 10.2 Å². The van der Waals surface area contributed by atoms with Crippen molar-refractivity contribution < 1.29 is 0 Å². The minimum atomic E-state index is 0.456. The highest BCUT2D eigenvalue weighted by molar-refractivity contribution is 5.76. The summed E-state index contributed by atoms with van der Waals surface area (Å²) < 4.78 is 0. The number of hydrogen-bond acceptors (Lipinski definition) is 4. The Kier molecular flexibility index (Phi) is 3.46. The van der Waals surface area contributed by atoms with Gasteiger partial charge in [-0.25, -0.2) is 4.98 Å². The van der Waals surface area contributed by atoms with Gasteiger partial charge in [0.15, 0.2) is 6.34 Å². The van der Waals surface area contributed by atoms with Gasteiger partial charge in [-0.05, 0) is 24.3 Å². The normalized spacial score (nSPS) is 11.6. The Morgan fingerprint density at radius 1 is 1.00 bits per heavy atom. The average molecular weight is 264 g/mol. The first-order valence-electron chi connectivity index (χ1n) is 6.10. The van der Waals surface area contributed by atoms with E-state index in [0.717, 1.165) is 16.7 Å². The predicted molar refractivity (Wildman–Crippen MR) is 79.2 cm³/mol. The van der Waals surface area contributed by atoms with E-state index in [2.05, 4.69) is 30.7 Å². The summed E-state index contributed by atoms with van der Waals surface area (Å²) in [6.45, 7) is 0.